The zero-order chi connectivity index (χ0) is 28.0. The van der Waals surface area contributed by atoms with E-state index >= 15 is 0 Å². The highest BCUT2D eigenvalue weighted by molar-refractivity contribution is 5.99. The quantitative estimate of drug-likeness (QED) is 0.409. The van der Waals surface area contributed by atoms with Crippen LogP contribution >= 0.6 is 0 Å². The van der Waals surface area contributed by atoms with E-state index in [2.05, 4.69) is 16.7 Å². The molecule has 8 heteroatoms. The van der Waals surface area contributed by atoms with E-state index in [4.69, 9.17) is 0 Å². The van der Waals surface area contributed by atoms with Crippen LogP contribution < -0.4 is 10.6 Å². The number of carbonyl (C=O) groups is 3. The lowest BCUT2D eigenvalue weighted by Gasteiger charge is -2.37. The van der Waals surface area contributed by atoms with Crippen LogP contribution in [0.3, 0.4) is 0 Å². The number of benzene rings is 3. The number of carboxylic acid groups (broad SMARTS) is 1. The molecular formula is C31H32N4O4. The molecule has 0 aliphatic carbocycles. The number of amides is 3. The summed E-state index contributed by atoms with van der Waals surface area (Å²) in [5, 5.41) is 25.1. The Labute approximate surface area is 228 Å². The molecule has 0 spiro atoms. The molecule has 0 radical (unpaired) electrons. The van der Waals surface area contributed by atoms with Crippen LogP contribution in [0.5, 0.6) is 0 Å². The summed E-state index contributed by atoms with van der Waals surface area (Å²) in [4.78, 5) is 39.3. The number of carbonyl (C=O) groups excluding carboxylic acids is 2. The molecule has 200 valence electrons. The molecule has 3 aromatic carbocycles. The molecule has 1 saturated heterocycles. The Balaban J connectivity index is 1.34. The highest BCUT2D eigenvalue weighted by atomic mass is 16.4. The average Bonchev–Trinajstić information content (AvgIpc) is 2.94. The predicted molar refractivity (Wildman–Crippen MR) is 149 cm³/mol. The second kappa shape index (κ2) is 11.8. The number of nitrogens with one attached hydrogen (secondary N) is 2. The minimum absolute atomic E-state index is 0.0993. The molecule has 1 atom stereocenters. The molecule has 0 bridgehead atoms. The minimum Gasteiger partial charge on any atom is -0.480 e. The Morgan fingerprint density at radius 1 is 0.949 bits per heavy atom. The molecule has 1 heterocycles. The number of carboxylic acids is 1. The first kappa shape index (κ1) is 27.4. The molecular weight excluding hydrogens is 492 g/mol. The number of aliphatic carboxylic acids is 1. The number of hydrogen-bond acceptors (Lipinski definition) is 4. The van der Waals surface area contributed by atoms with Gasteiger partial charge in [0.25, 0.3) is 5.91 Å². The van der Waals surface area contributed by atoms with E-state index in [-0.39, 0.29) is 12.5 Å². The van der Waals surface area contributed by atoms with Crippen LogP contribution in [-0.4, -0.2) is 47.0 Å². The van der Waals surface area contributed by atoms with Crippen molar-refractivity contribution in [2.24, 2.45) is 0 Å². The van der Waals surface area contributed by atoms with Crippen molar-refractivity contribution in [3.05, 3.63) is 101 Å². The fourth-order valence-corrected chi connectivity index (χ4v) is 5.08. The lowest BCUT2D eigenvalue weighted by atomic mass is 9.74. The molecule has 1 aliphatic heterocycles. The zero-order valence-corrected chi connectivity index (χ0v) is 22.1. The normalized spacial score (nSPS) is 15.1. The summed E-state index contributed by atoms with van der Waals surface area (Å²) in [5.41, 5.74) is 3.72. The van der Waals surface area contributed by atoms with Gasteiger partial charge in [0.05, 0.1) is 11.5 Å². The fourth-order valence-electron chi connectivity index (χ4n) is 5.08. The first-order valence-electron chi connectivity index (χ1n) is 12.9. The summed E-state index contributed by atoms with van der Waals surface area (Å²) >= 11 is 0. The molecule has 8 nitrogen and oxygen atoms in total. The molecule has 3 amide bonds. The van der Waals surface area contributed by atoms with E-state index in [0.717, 1.165) is 16.7 Å². The molecule has 39 heavy (non-hydrogen) atoms. The third-order valence-electron chi connectivity index (χ3n) is 7.40. The maximum Gasteiger partial charge on any atom is 0.326 e. The van der Waals surface area contributed by atoms with Gasteiger partial charge in [-0.3, -0.25) is 4.79 Å². The van der Waals surface area contributed by atoms with E-state index < -0.39 is 23.3 Å². The number of anilines is 1. The van der Waals surface area contributed by atoms with Crippen molar-refractivity contribution in [2.45, 2.75) is 44.6 Å². The first-order chi connectivity index (χ1) is 18.7. The molecule has 0 unspecified atom stereocenters. The number of nitrogens with zero attached hydrogens (tertiary/aromatic N) is 2. The van der Waals surface area contributed by atoms with Gasteiger partial charge in [-0.2, -0.15) is 5.26 Å². The molecule has 0 saturated carbocycles. The van der Waals surface area contributed by atoms with Crippen LogP contribution in [0.4, 0.5) is 10.5 Å². The second-order valence-corrected chi connectivity index (χ2v) is 10.0. The summed E-state index contributed by atoms with van der Waals surface area (Å²) in [6, 6.07) is 23.2. The molecule has 4 rings (SSSR count). The standard InChI is InChI=1S/C31H32N4O4/c1-21-7-6-8-22(2)27(21)28(36)34-26(29(37)38)19-23-11-13-25(14-12-23)33-30(39)35-17-15-31(20-32,16-18-35)24-9-4-3-5-10-24/h3-14,26H,15-19H2,1-2H3,(H,33,39)(H,34,36)(H,37,38)/t26-/m0/s1. The fraction of sp³-hybridized carbons (Fsp3) is 0.290. The van der Waals surface area contributed by atoms with Crippen LogP contribution in [0.25, 0.3) is 0 Å². The smallest absolute Gasteiger partial charge is 0.326 e. The van der Waals surface area contributed by atoms with Gasteiger partial charge < -0.3 is 20.6 Å². The van der Waals surface area contributed by atoms with Gasteiger partial charge in [-0.15, -0.1) is 0 Å². The SMILES string of the molecule is Cc1cccc(C)c1C(=O)N[C@@H](Cc1ccc(NC(=O)N2CCC(C#N)(c3ccccc3)CC2)cc1)C(=O)O. The number of rotatable bonds is 7. The van der Waals surface area contributed by atoms with Crippen LogP contribution in [0, 0.1) is 25.2 Å². The molecule has 1 fully saturated rings. The van der Waals surface area contributed by atoms with E-state index in [1.54, 1.807) is 29.2 Å². The van der Waals surface area contributed by atoms with Gasteiger partial charge in [0.15, 0.2) is 0 Å². The largest absolute Gasteiger partial charge is 0.480 e. The second-order valence-electron chi connectivity index (χ2n) is 10.0. The molecule has 0 aromatic heterocycles. The van der Waals surface area contributed by atoms with Crippen molar-refractivity contribution in [1.82, 2.24) is 10.2 Å². The Morgan fingerprint density at radius 3 is 2.13 bits per heavy atom. The highest BCUT2D eigenvalue weighted by Gasteiger charge is 2.37. The van der Waals surface area contributed by atoms with Crippen molar-refractivity contribution < 1.29 is 19.5 Å². The summed E-state index contributed by atoms with van der Waals surface area (Å²) in [6.07, 6.45) is 1.22. The zero-order valence-electron chi connectivity index (χ0n) is 22.1. The van der Waals surface area contributed by atoms with Gasteiger partial charge >= 0.3 is 12.0 Å². The Morgan fingerprint density at radius 2 is 1.56 bits per heavy atom. The van der Waals surface area contributed by atoms with E-state index in [1.807, 2.05) is 62.4 Å². The van der Waals surface area contributed by atoms with Gasteiger partial charge in [0, 0.05) is 30.8 Å². The number of piperidine rings is 1. The molecule has 3 N–H and O–H groups in total. The summed E-state index contributed by atoms with van der Waals surface area (Å²) in [6.45, 7) is 4.56. The van der Waals surface area contributed by atoms with Gasteiger partial charge in [0.1, 0.15) is 6.04 Å². The van der Waals surface area contributed by atoms with Crippen LogP contribution in [-0.2, 0) is 16.6 Å². The van der Waals surface area contributed by atoms with Gasteiger partial charge in [-0.1, -0.05) is 60.7 Å². The Bertz CT molecular complexity index is 1370. The Kier molecular flexibility index (Phi) is 8.30. The first-order valence-corrected chi connectivity index (χ1v) is 12.9. The number of nitriles is 1. The molecule has 3 aromatic rings. The number of urea groups is 1. The van der Waals surface area contributed by atoms with E-state index in [1.165, 1.54) is 0 Å². The maximum atomic E-state index is 12.9. The minimum atomic E-state index is -1.12. The van der Waals surface area contributed by atoms with E-state index in [0.29, 0.717) is 42.7 Å². The monoisotopic (exact) mass is 524 g/mol. The van der Waals surface area contributed by atoms with Gasteiger partial charge in [0.2, 0.25) is 0 Å². The lowest BCUT2D eigenvalue weighted by molar-refractivity contribution is -0.139. The van der Waals surface area contributed by atoms with Gasteiger partial charge in [-0.25, -0.2) is 9.59 Å². The van der Waals surface area contributed by atoms with Crippen LogP contribution in [0.1, 0.15) is 45.5 Å². The van der Waals surface area contributed by atoms with Crippen molar-refractivity contribution in [1.29, 1.82) is 5.26 Å². The third kappa shape index (κ3) is 6.27. The summed E-state index contributed by atoms with van der Waals surface area (Å²) in [5.74, 6) is -1.54. The highest BCUT2D eigenvalue weighted by Crippen LogP contribution is 2.35. The molecule has 1 aliphatic rings. The van der Waals surface area contributed by atoms with Gasteiger partial charge in [-0.05, 0) is 61.1 Å². The van der Waals surface area contributed by atoms with Crippen LogP contribution in [0.2, 0.25) is 0 Å². The number of aryl methyl sites for hydroxylation is 2. The van der Waals surface area contributed by atoms with Crippen molar-refractivity contribution in [3.8, 4) is 6.07 Å². The van der Waals surface area contributed by atoms with Crippen molar-refractivity contribution in [3.63, 3.8) is 0 Å². The summed E-state index contributed by atoms with van der Waals surface area (Å²) in [7, 11) is 0. The van der Waals surface area contributed by atoms with Crippen LogP contribution in [0.15, 0.2) is 72.8 Å². The topological polar surface area (TPSA) is 123 Å². The number of likely N-dealkylation sites (tertiary alicyclic amines) is 1. The summed E-state index contributed by atoms with van der Waals surface area (Å²) < 4.78 is 0. The lowest BCUT2D eigenvalue weighted by Crippen LogP contribution is -2.46. The predicted octanol–water partition coefficient (Wildman–Crippen LogP) is 4.82. The maximum absolute atomic E-state index is 12.9. The van der Waals surface area contributed by atoms with Crippen molar-refractivity contribution in [2.75, 3.05) is 18.4 Å². The number of hydrogen-bond donors (Lipinski definition) is 3. The van der Waals surface area contributed by atoms with E-state index in [9.17, 15) is 24.8 Å². The third-order valence-corrected chi connectivity index (χ3v) is 7.40. The Hall–Kier alpha value is -4.64. The van der Waals surface area contributed by atoms with Crippen molar-refractivity contribution >= 4 is 23.6 Å². The average molecular weight is 525 g/mol.